The summed E-state index contributed by atoms with van der Waals surface area (Å²) >= 11 is 0. The SMILES string of the molecule is CC/C=C/C[C@H]1CC[C@H](c2ccc(CCCCc3ccc(COC)cc3)cc2)CC1. The van der Waals surface area contributed by atoms with Crippen molar-refractivity contribution in [3.63, 3.8) is 0 Å². The van der Waals surface area contributed by atoms with Gasteiger partial charge in [0, 0.05) is 7.11 Å². The molecule has 0 amide bonds. The van der Waals surface area contributed by atoms with Gasteiger partial charge in [0.15, 0.2) is 0 Å². The van der Waals surface area contributed by atoms with Crippen LogP contribution in [0.5, 0.6) is 0 Å². The second-order valence-corrected chi connectivity index (χ2v) is 9.03. The summed E-state index contributed by atoms with van der Waals surface area (Å²) in [5, 5.41) is 0. The van der Waals surface area contributed by atoms with Crippen LogP contribution in [0.4, 0.5) is 0 Å². The molecular weight excluding hydrogens is 364 g/mol. The maximum Gasteiger partial charge on any atom is 0.0713 e. The van der Waals surface area contributed by atoms with Gasteiger partial charge < -0.3 is 4.74 Å². The number of aryl methyl sites for hydroxylation is 2. The zero-order chi connectivity index (χ0) is 21.0. The third kappa shape index (κ3) is 7.43. The summed E-state index contributed by atoms with van der Waals surface area (Å²) in [6, 6.07) is 18.4. The predicted octanol–water partition coefficient (Wildman–Crippen LogP) is 8.03. The molecule has 1 nitrogen and oxygen atoms in total. The maximum absolute atomic E-state index is 5.18. The molecule has 0 radical (unpaired) electrons. The molecule has 1 saturated carbocycles. The molecule has 162 valence electrons. The van der Waals surface area contributed by atoms with E-state index < -0.39 is 0 Å². The lowest BCUT2D eigenvalue weighted by Gasteiger charge is -2.28. The Balaban J connectivity index is 1.36. The Bertz CT molecular complexity index is 733. The van der Waals surface area contributed by atoms with E-state index in [0.717, 1.165) is 11.8 Å². The van der Waals surface area contributed by atoms with Gasteiger partial charge >= 0.3 is 0 Å². The van der Waals surface area contributed by atoms with E-state index in [2.05, 4.69) is 67.6 Å². The van der Waals surface area contributed by atoms with E-state index in [1.165, 1.54) is 80.9 Å². The molecule has 2 aromatic rings. The summed E-state index contributed by atoms with van der Waals surface area (Å²) in [7, 11) is 1.75. The molecule has 2 aromatic carbocycles. The van der Waals surface area contributed by atoms with Gasteiger partial charge in [0.2, 0.25) is 0 Å². The summed E-state index contributed by atoms with van der Waals surface area (Å²) < 4.78 is 5.18. The zero-order valence-corrected chi connectivity index (χ0v) is 19.1. The first-order chi connectivity index (χ1) is 14.8. The summed E-state index contributed by atoms with van der Waals surface area (Å²) in [6.45, 7) is 2.92. The van der Waals surface area contributed by atoms with E-state index in [0.29, 0.717) is 6.61 Å². The van der Waals surface area contributed by atoms with Crippen LogP contribution in [0.2, 0.25) is 0 Å². The van der Waals surface area contributed by atoms with Crippen LogP contribution >= 0.6 is 0 Å². The van der Waals surface area contributed by atoms with E-state index >= 15 is 0 Å². The van der Waals surface area contributed by atoms with Crippen LogP contribution in [0.25, 0.3) is 0 Å². The number of methoxy groups -OCH3 is 1. The van der Waals surface area contributed by atoms with E-state index in [9.17, 15) is 0 Å². The Morgan fingerprint density at radius 3 is 1.90 bits per heavy atom. The van der Waals surface area contributed by atoms with Crippen LogP contribution < -0.4 is 0 Å². The highest BCUT2D eigenvalue weighted by Crippen LogP contribution is 2.37. The Hall–Kier alpha value is -1.86. The Kier molecular flexibility index (Phi) is 9.70. The lowest BCUT2D eigenvalue weighted by Crippen LogP contribution is -2.12. The van der Waals surface area contributed by atoms with Crippen LogP contribution in [0.3, 0.4) is 0 Å². The largest absolute Gasteiger partial charge is 0.380 e. The van der Waals surface area contributed by atoms with E-state index in [4.69, 9.17) is 4.74 Å². The van der Waals surface area contributed by atoms with Crippen LogP contribution in [0, 0.1) is 5.92 Å². The molecule has 1 heteroatoms. The van der Waals surface area contributed by atoms with Gasteiger partial charge in [-0.25, -0.2) is 0 Å². The van der Waals surface area contributed by atoms with Gasteiger partial charge in [-0.1, -0.05) is 67.6 Å². The van der Waals surface area contributed by atoms with E-state index in [1.807, 2.05) is 0 Å². The van der Waals surface area contributed by atoms with Crippen LogP contribution in [-0.2, 0) is 24.2 Å². The van der Waals surface area contributed by atoms with Crippen molar-refractivity contribution in [3.8, 4) is 0 Å². The van der Waals surface area contributed by atoms with E-state index in [1.54, 1.807) is 12.7 Å². The fourth-order valence-electron chi connectivity index (χ4n) is 4.77. The number of ether oxygens (including phenoxy) is 1. The molecule has 3 rings (SSSR count). The van der Waals surface area contributed by atoms with Gasteiger partial charge in [-0.05, 0) is 98.3 Å². The minimum atomic E-state index is 0.702. The average molecular weight is 405 g/mol. The first-order valence-corrected chi connectivity index (χ1v) is 12.1. The Morgan fingerprint density at radius 1 is 0.767 bits per heavy atom. The first-order valence-electron chi connectivity index (χ1n) is 12.1. The molecule has 30 heavy (non-hydrogen) atoms. The van der Waals surface area contributed by atoms with Gasteiger partial charge in [-0.3, -0.25) is 0 Å². The monoisotopic (exact) mass is 404 g/mol. The maximum atomic E-state index is 5.18. The third-order valence-electron chi connectivity index (χ3n) is 6.68. The highest BCUT2D eigenvalue weighted by molar-refractivity contribution is 5.26. The molecule has 0 spiro atoms. The fraction of sp³-hybridized carbons (Fsp3) is 0.517. The number of allylic oxidation sites excluding steroid dienone is 2. The zero-order valence-electron chi connectivity index (χ0n) is 19.1. The average Bonchev–Trinajstić information content (AvgIpc) is 2.79. The number of rotatable bonds is 11. The normalized spacial score (nSPS) is 19.4. The molecule has 1 fully saturated rings. The number of hydrogen-bond acceptors (Lipinski definition) is 1. The summed E-state index contributed by atoms with van der Waals surface area (Å²) in [4.78, 5) is 0. The Labute approximate surface area is 184 Å². The topological polar surface area (TPSA) is 9.23 Å². The van der Waals surface area contributed by atoms with Gasteiger partial charge in [-0.15, -0.1) is 0 Å². The van der Waals surface area contributed by atoms with Crippen molar-refractivity contribution in [1.29, 1.82) is 0 Å². The van der Waals surface area contributed by atoms with E-state index in [-0.39, 0.29) is 0 Å². The van der Waals surface area contributed by atoms with Crippen LogP contribution in [-0.4, -0.2) is 7.11 Å². The predicted molar refractivity (Wildman–Crippen MR) is 129 cm³/mol. The third-order valence-corrected chi connectivity index (χ3v) is 6.68. The summed E-state index contributed by atoms with van der Waals surface area (Å²) in [6.07, 6.45) is 17.6. The van der Waals surface area contributed by atoms with Gasteiger partial charge in [0.1, 0.15) is 0 Å². The van der Waals surface area contributed by atoms with Crippen LogP contribution in [0.15, 0.2) is 60.7 Å². The van der Waals surface area contributed by atoms with Crippen LogP contribution in [0.1, 0.15) is 86.5 Å². The standard InChI is InChI=1S/C29H40O/c1-3-4-5-8-25-15-19-28(20-16-25)29-21-17-26(18-22-29)10-7-6-9-24-11-13-27(14-12-24)23-30-2/h4-5,11-14,17-18,21-22,25,28H,3,6-10,15-16,19-20,23H2,1-2H3/b5-4+/t25-,28-. The van der Waals surface area contributed by atoms with Crippen molar-refractivity contribution < 1.29 is 4.74 Å². The summed E-state index contributed by atoms with van der Waals surface area (Å²) in [5.41, 5.74) is 5.75. The van der Waals surface area contributed by atoms with Crippen molar-refractivity contribution >= 4 is 0 Å². The minimum Gasteiger partial charge on any atom is -0.380 e. The molecule has 1 aliphatic carbocycles. The van der Waals surface area contributed by atoms with Gasteiger partial charge in [0.05, 0.1) is 6.61 Å². The lowest BCUT2D eigenvalue weighted by atomic mass is 9.77. The molecule has 0 N–H and O–H groups in total. The van der Waals surface area contributed by atoms with Crippen molar-refractivity contribution in [1.82, 2.24) is 0 Å². The molecule has 0 saturated heterocycles. The first kappa shape index (κ1) is 22.8. The molecule has 0 unspecified atom stereocenters. The highest BCUT2D eigenvalue weighted by Gasteiger charge is 2.21. The second-order valence-electron chi connectivity index (χ2n) is 9.03. The molecule has 0 heterocycles. The minimum absolute atomic E-state index is 0.702. The fourth-order valence-corrected chi connectivity index (χ4v) is 4.77. The van der Waals surface area contributed by atoms with Gasteiger partial charge in [0.25, 0.3) is 0 Å². The molecular formula is C29H40O. The van der Waals surface area contributed by atoms with Gasteiger partial charge in [-0.2, -0.15) is 0 Å². The number of unbranched alkanes of at least 4 members (excludes halogenated alkanes) is 1. The van der Waals surface area contributed by atoms with Crippen molar-refractivity contribution in [2.45, 2.75) is 83.7 Å². The molecule has 0 aliphatic heterocycles. The number of benzene rings is 2. The Morgan fingerprint density at radius 2 is 1.33 bits per heavy atom. The quantitative estimate of drug-likeness (QED) is 0.272. The number of hydrogen-bond donors (Lipinski definition) is 0. The molecule has 0 aromatic heterocycles. The lowest BCUT2D eigenvalue weighted by molar-refractivity contribution is 0.185. The second kappa shape index (κ2) is 12.7. The van der Waals surface area contributed by atoms with Crippen molar-refractivity contribution in [3.05, 3.63) is 82.9 Å². The molecule has 1 aliphatic rings. The molecule has 0 atom stereocenters. The van der Waals surface area contributed by atoms with Crippen molar-refractivity contribution in [2.75, 3.05) is 7.11 Å². The summed E-state index contributed by atoms with van der Waals surface area (Å²) in [5.74, 6) is 1.70. The smallest absolute Gasteiger partial charge is 0.0713 e. The molecule has 0 bridgehead atoms. The highest BCUT2D eigenvalue weighted by atomic mass is 16.5. The van der Waals surface area contributed by atoms with Crippen molar-refractivity contribution in [2.24, 2.45) is 5.92 Å².